The first-order valence-corrected chi connectivity index (χ1v) is 9.01. The monoisotopic (exact) mass is 349 g/mol. The van der Waals surface area contributed by atoms with E-state index in [2.05, 4.69) is 32.5 Å². The summed E-state index contributed by atoms with van der Waals surface area (Å²) >= 11 is 0. The first kappa shape index (κ1) is 16.7. The Morgan fingerprint density at radius 1 is 1.19 bits per heavy atom. The molecule has 0 saturated heterocycles. The number of nitrogens with one attached hydrogen (secondary N) is 1. The quantitative estimate of drug-likeness (QED) is 0.741. The molecule has 1 aliphatic heterocycles. The number of benzene rings is 1. The molecule has 1 aromatic carbocycles. The molecular weight excluding hydrogens is 326 g/mol. The summed E-state index contributed by atoms with van der Waals surface area (Å²) in [5, 5.41) is 8.08. The summed E-state index contributed by atoms with van der Waals surface area (Å²) < 4.78 is 7.81. The van der Waals surface area contributed by atoms with Crippen LogP contribution in [0.4, 0.5) is 0 Å². The molecule has 3 heterocycles. The lowest BCUT2D eigenvalue weighted by atomic mass is 10.1. The van der Waals surface area contributed by atoms with Crippen LogP contribution in [-0.2, 0) is 26.1 Å². The van der Waals surface area contributed by atoms with Crippen molar-refractivity contribution in [1.82, 2.24) is 25.1 Å². The molecule has 0 aliphatic carbocycles. The lowest BCUT2D eigenvalue weighted by molar-refractivity contribution is 0.301. The third-order valence-electron chi connectivity index (χ3n) is 4.60. The standard InChI is InChI=1S/C20H23N5O/c1-15-23-20-10-7-17(13-25(20)24-15)22-12-16-5-8-19(9-6-16)26-14-18-4-2-3-11-21-18/h2-6,8-9,11,17,22H,7,10,12-14H2,1H3/t17-/m0/s1. The molecule has 6 heteroatoms. The maximum absolute atomic E-state index is 5.78. The second-order valence-corrected chi connectivity index (χ2v) is 6.63. The Bertz CT molecular complexity index is 844. The van der Waals surface area contributed by atoms with Crippen molar-refractivity contribution >= 4 is 0 Å². The van der Waals surface area contributed by atoms with E-state index in [0.717, 1.165) is 49.0 Å². The van der Waals surface area contributed by atoms with Gasteiger partial charge in [-0.05, 0) is 43.2 Å². The average molecular weight is 349 g/mol. The van der Waals surface area contributed by atoms with Crippen LogP contribution in [0.5, 0.6) is 5.75 Å². The van der Waals surface area contributed by atoms with Crippen LogP contribution < -0.4 is 10.1 Å². The Morgan fingerprint density at radius 3 is 2.88 bits per heavy atom. The molecule has 4 rings (SSSR count). The van der Waals surface area contributed by atoms with Gasteiger partial charge in [-0.1, -0.05) is 18.2 Å². The smallest absolute Gasteiger partial charge is 0.147 e. The number of pyridine rings is 1. The minimum absolute atomic E-state index is 0.434. The van der Waals surface area contributed by atoms with Gasteiger partial charge in [-0.2, -0.15) is 5.10 Å². The highest BCUT2D eigenvalue weighted by Crippen LogP contribution is 2.16. The number of hydrogen-bond acceptors (Lipinski definition) is 5. The van der Waals surface area contributed by atoms with Crippen LogP contribution in [0.1, 0.15) is 29.3 Å². The van der Waals surface area contributed by atoms with E-state index in [1.54, 1.807) is 6.20 Å². The van der Waals surface area contributed by atoms with Crippen molar-refractivity contribution in [2.24, 2.45) is 0 Å². The topological polar surface area (TPSA) is 64.9 Å². The van der Waals surface area contributed by atoms with Gasteiger partial charge < -0.3 is 10.1 Å². The third-order valence-corrected chi connectivity index (χ3v) is 4.60. The van der Waals surface area contributed by atoms with Gasteiger partial charge in [0.25, 0.3) is 0 Å². The number of ether oxygens (including phenoxy) is 1. The van der Waals surface area contributed by atoms with Crippen molar-refractivity contribution in [1.29, 1.82) is 0 Å². The molecule has 1 atom stereocenters. The summed E-state index contributed by atoms with van der Waals surface area (Å²) in [7, 11) is 0. The van der Waals surface area contributed by atoms with Crippen LogP contribution in [0.3, 0.4) is 0 Å². The Morgan fingerprint density at radius 2 is 2.08 bits per heavy atom. The first-order chi connectivity index (χ1) is 12.8. The van der Waals surface area contributed by atoms with E-state index in [4.69, 9.17) is 4.74 Å². The summed E-state index contributed by atoms with van der Waals surface area (Å²) in [6, 6.07) is 14.5. The Kier molecular flexibility index (Phi) is 4.93. The largest absolute Gasteiger partial charge is 0.487 e. The molecule has 0 amide bonds. The van der Waals surface area contributed by atoms with Gasteiger partial charge in [-0.15, -0.1) is 0 Å². The number of fused-ring (bicyclic) bond motifs is 1. The summed E-state index contributed by atoms with van der Waals surface area (Å²) in [6.07, 6.45) is 3.87. The van der Waals surface area contributed by atoms with E-state index in [-0.39, 0.29) is 0 Å². The van der Waals surface area contributed by atoms with Crippen LogP contribution in [0.15, 0.2) is 48.7 Å². The van der Waals surface area contributed by atoms with Crippen molar-refractivity contribution in [3.05, 3.63) is 71.6 Å². The van der Waals surface area contributed by atoms with Crippen molar-refractivity contribution in [2.75, 3.05) is 0 Å². The minimum atomic E-state index is 0.434. The molecule has 6 nitrogen and oxygen atoms in total. The molecule has 0 spiro atoms. The normalized spacial score (nSPS) is 16.3. The van der Waals surface area contributed by atoms with Crippen LogP contribution in [-0.4, -0.2) is 25.8 Å². The van der Waals surface area contributed by atoms with E-state index >= 15 is 0 Å². The SMILES string of the molecule is Cc1nc2n(n1)C[C@@H](NCc1ccc(OCc3ccccn3)cc1)CC2. The van der Waals surface area contributed by atoms with Crippen LogP contribution >= 0.6 is 0 Å². The van der Waals surface area contributed by atoms with Gasteiger partial charge >= 0.3 is 0 Å². The van der Waals surface area contributed by atoms with Crippen molar-refractivity contribution in [3.63, 3.8) is 0 Å². The van der Waals surface area contributed by atoms with Crippen molar-refractivity contribution in [3.8, 4) is 5.75 Å². The summed E-state index contributed by atoms with van der Waals surface area (Å²) in [5.74, 6) is 2.83. The zero-order valence-corrected chi connectivity index (χ0v) is 14.9. The Hall–Kier alpha value is -2.73. The average Bonchev–Trinajstić information content (AvgIpc) is 3.05. The predicted octanol–water partition coefficient (Wildman–Crippen LogP) is 2.67. The molecule has 0 unspecified atom stereocenters. The van der Waals surface area contributed by atoms with Crippen molar-refractivity contribution in [2.45, 2.75) is 45.5 Å². The molecule has 1 N–H and O–H groups in total. The van der Waals surface area contributed by atoms with E-state index < -0.39 is 0 Å². The Balaban J connectivity index is 1.27. The highest BCUT2D eigenvalue weighted by molar-refractivity contribution is 5.27. The number of rotatable bonds is 6. The molecule has 1 aliphatic rings. The second kappa shape index (κ2) is 7.66. The Labute approximate surface area is 153 Å². The fourth-order valence-corrected chi connectivity index (χ4v) is 3.21. The van der Waals surface area contributed by atoms with Gasteiger partial charge in [0.05, 0.1) is 12.2 Å². The summed E-state index contributed by atoms with van der Waals surface area (Å²) in [5.41, 5.74) is 2.18. The third kappa shape index (κ3) is 4.08. The first-order valence-electron chi connectivity index (χ1n) is 9.01. The number of aromatic nitrogens is 4. The minimum Gasteiger partial charge on any atom is -0.487 e. The van der Waals surface area contributed by atoms with E-state index in [1.165, 1.54) is 5.56 Å². The fraction of sp³-hybridized carbons (Fsp3) is 0.350. The number of aryl methyl sites for hydroxylation is 2. The summed E-state index contributed by atoms with van der Waals surface area (Å²) in [6.45, 7) is 4.17. The van der Waals surface area contributed by atoms with Crippen LogP contribution in [0.2, 0.25) is 0 Å². The molecule has 0 bridgehead atoms. The summed E-state index contributed by atoms with van der Waals surface area (Å²) in [4.78, 5) is 8.72. The highest BCUT2D eigenvalue weighted by Gasteiger charge is 2.20. The second-order valence-electron chi connectivity index (χ2n) is 6.63. The maximum atomic E-state index is 5.78. The molecule has 2 aromatic heterocycles. The van der Waals surface area contributed by atoms with Crippen LogP contribution in [0, 0.1) is 6.92 Å². The molecule has 0 saturated carbocycles. The van der Waals surface area contributed by atoms with Gasteiger partial charge in [-0.3, -0.25) is 4.98 Å². The lowest BCUT2D eigenvalue weighted by Gasteiger charge is -2.23. The number of hydrogen-bond donors (Lipinski definition) is 1. The van der Waals surface area contributed by atoms with Crippen LogP contribution in [0.25, 0.3) is 0 Å². The van der Waals surface area contributed by atoms with Gasteiger partial charge in [0, 0.05) is 25.2 Å². The highest BCUT2D eigenvalue weighted by atomic mass is 16.5. The zero-order valence-electron chi connectivity index (χ0n) is 14.9. The van der Waals surface area contributed by atoms with E-state index in [1.807, 2.05) is 41.9 Å². The lowest BCUT2D eigenvalue weighted by Crippen LogP contribution is -2.37. The molecule has 0 radical (unpaired) electrons. The molecular formula is C20H23N5O. The van der Waals surface area contributed by atoms with Gasteiger partial charge in [0.2, 0.25) is 0 Å². The van der Waals surface area contributed by atoms with Gasteiger partial charge in [0.15, 0.2) is 0 Å². The van der Waals surface area contributed by atoms with E-state index in [9.17, 15) is 0 Å². The van der Waals surface area contributed by atoms with E-state index in [0.29, 0.717) is 12.6 Å². The zero-order chi connectivity index (χ0) is 17.8. The molecule has 0 fully saturated rings. The fourth-order valence-electron chi connectivity index (χ4n) is 3.21. The van der Waals surface area contributed by atoms with Crippen molar-refractivity contribution < 1.29 is 4.74 Å². The number of nitrogens with zero attached hydrogens (tertiary/aromatic N) is 4. The van der Waals surface area contributed by atoms with Gasteiger partial charge in [-0.25, -0.2) is 9.67 Å². The molecule has 26 heavy (non-hydrogen) atoms. The molecule has 3 aromatic rings. The molecule has 134 valence electrons. The predicted molar refractivity (Wildman–Crippen MR) is 98.7 cm³/mol. The van der Waals surface area contributed by atoms with Gasteiger partial charge in [0.1, 0.15) is 24.0 Å². The maximum Gasteiger partial charge on any atom is 0.147 e.